The van der Waals surface area contributed by atoms with Crippen LogP contribution in [0.1, 0.15) is 103 Å². The maximum absolute atomic E-state index is 3.79. The van der Waals surface area contributed by atoms with E-state index in [1.165, 1.54) is 89.9 Å². The molecule has 0 N–H and O–H groups in total. The van der Waals surface area contributed by atoms with Crippen molar-refractivity contribution in [2.24, 2.45) is 0 Å². The third-order valence-electron chi connectivity index (χ3n) is 5.74. The lowest BCUT2D eigenvalue weighted by Crippen LogP contribution is -2.29. The highest BCUT2D eigenvalue weighted by Gasteiger charge is 2.33. The highest BCUT2D eigenvalue weighted by Crippen LogP contribution is 2.41. The second kappa shape index (κ2) is 10.4. The highest BCUT2D eigenvalue weighted by atomic mass is 14.2. The van der Waals surface area contributed by atoms with Gasteiger partial charge in [-0.1, -0.05) is 90.4 Å². The Balaban J connectivity index is 1.86. The molecule has 0 radical (unpaired) electrons. The SMILES string of the molecule is CCCCCCC#CB(C1CCCCC1)C1CCCCC1. The number of hydrogen-bond donors (Lipinski definition) is 0. The van der Waals surface area contributed by atoms with Gasteiger partial charge in [0, 0.05) is 6.42 Å². The van der Waals surface area contributed by atoms with Crippen molar-refractivity contribution in [1.82, 2.24) is 0 Å². The van der Waals surface area contributed by atoms with E-state index in [0.717, 1.165) is 24.8 Å². The molecule has 0 saturated heterocycles. The second-order valence-corrected chi connectivity index (χ2v) is 7.45. The van der Waals surface area contributed by atoms with Gasteiger partial charge in [-0.05, 0) is 18.1 Å². The molecule has 0 aliphatic heterocycles. The van der Waals surface area contributed by atoms with Crippen LogP contribution in [0.5, 0.6) is 0 Å². The molecule has 0 atom stereocenters. The van der Waals surface area contributed by atoms with E-state index in [1.807, 2.05) is 0 Å². The fourth-order valence-corrected chi connectivity index (χ4v) is 4.44. The van der Waals surface area contributed by atoms with Crippen LogP contribution >= 0.6 is 0 Å². The predicted molar refractivity (Wildman–Crippen MR) is 96.0 cm³/mol. The van der Waals surface area contributed by atoms with E-state index in [-0.39, 0.29) is 0 Å². The molecular weight excluding hydrogens is 251 g/mol. The summed E-state index contributed by atoms with van der Waals surface area (Å²) in [4.78, 5) is 0. The van der Waals surface area contributed by atoms with Crippen molar-refractivity contribution in [3.63, 3.8) is 0 Å². The Morgan fingerprint density at radius 2 is 1.33 bits per heavy atom. The molecule has 21 heavy (non-hydrogen) atoms. The Morgan fingerprint density at radius 1 is 0.762 bits per heavy atom. The van der Waals surface area contributed by atoms with Gasteiger partial charge in [-0.15, -0.1) is 5.92 Å². The molecule has 0 bridgehead atoms. The molecule has 0 aromatic carbocycles. The minimum absolute atomic E-state index is 0.747. The standard InChI is InChI=1S/C20H35B/c1-2-3-4-5-6-13-18-21(19-14-9-7-10-15-19)20-16-11-8-12-17-20/h19-20H,2-12,14-17H2,1H3. The van der Waals surface area contributed by atoms with Crippen LogP contribution < -0.4 is 0 Å². The molecule has 118 valence electrons. The maximum Gasteiger partial charge on any atom is 0.237 e. The van der Waals surface area contributed by atoms with Crippen LogP contribution in [0.15, 0.2) is 0 Å². The largest absolute Gasteiger partial charge is 0.237 e. The van der Waals surface area contributed by atoms with E-state index in [4.69, 9.17) is 0 Å². The van der Waals surface area contributed by atoms with Gasteiger partial charge in [0.1, 0.15) is 0 Å². The monoisotopic (exact) mass is 286 g/mol. The third kappa shape index (κ3) is 6.10. The van der Waals surface area contributed by atoms with E-state index >= 15 is 0 Å². The van der Waals surface area contributed by atoms with Crippen LogP contribution in [0.25, 0.3) is 0 Å². The molecule has 2 aliphatic rings. The van der Waals surface area contributed by atoms with Crippen molar-refractivity contribution in [3.8, 4) is 11.7 Å². The van der Waals surface area contributed by atoms with Gasteiger partial charge in [-0.3, -0.25) is 0 Å². The van der Waals surface area contributed by atoms with Crippen molar-refractivity contribution in [1.29, 1.82) is 0 Å². The Bertz CT molecular complexity index is 294. The van der Waals surface area contributed by atoms with Gasteiger partial charge in [0.15, 0.2) is 0 Å². The van der Waals surface area contributed by atoms with Gasteiger partial charge in [0.2, 0.25) is 6.71 Å². The summed E-state index contributed by atoms with van der Waals surface area (Å²) in [7, 11) is 0. The summed E-state index contributed by atoms with van der Waals surface area (Å²) in [6.07, 6.45) is 21.2. The minimum Gasteiger partial charge on any atom is -0.155 e. The molecule has 2 rings (SSSR count). The first kappa shape index (κ1) is 17.0. The van der Waals surface area contributed by atoms with Crippen LogP contribution in [-0.2, 0) is 0 Å². The zero-order valence-electron chi connectivity index (χ0n) is 14.3. The molecule has 2 saturated carbocycles. The topological polar surface area (TPSA) is 0 Å². The molecular formula is C20H35B. The van der Waals surface area contributed by atoms with Crippen molar-refractivity contribution in [3.05, 3.63) is 0 Å². The summed E-state index contributed by atoms with van der Waals surface area (Å²) in [5, 5.41) is 0. The summed E-state index contributed by atoms with van der Waals surface area (Å²) in [6, 6.07) is 0. The average Bonchev–Trinajstić information content (AvgIpc) is 2.56. The van der Waals surface area contributed by atoms with E-state index in [2.05, 4.69) is 18.7 Å². The fraction of sp³-hybridized carbons (Fsp3) is 0.900. The first-order chi connectivity index (χ1) is 10.4. The van der Waals surface area contributed by atoms with Gasteiger partial charge in [0.25, 0.3) is 0 Å². The molecule has 2 aliphatic carbocycles. The lowest BCUT2D eigenvalue weighted by atomic mass is 9.31. The van der Waals surface area contributed by atoms with Crippen molar-refractivity contribution in [2.75, 3.05) is 0 Å². The Hall–Kier alpha value is -0.375. The summed E-state index contributed by atoms with van der Waals surface area (Å²) in [5.41, 5.74) is 0. The molecule has 0 aromatic heterocycles. The van der Waals surface area contributed by atoms with E-state index in [0.29, 0.717) is 0 Å². The van der Waals surface area contributed by atoms with Gasteiger partial charge < -0.3 is 0 Å². The van der Waals surface area contributed by atoms with E-state index < -0.39 is 0 Å². The number of unbranched alkanes of at least 4 members (excludes halogenated alkanes) is 4. The number of hydrogen-bond acceptors (Lipinski definition) is 0. The molecule has 0 nitrogen and oxygen atoms in total. The Morgan fingerprint density at radius 3 is 1.86 bits per heavy atom. The first-order valence-corrected chi connectivity index (χ1v) is 9.90. The minimum atomic E-state index is 0.747. The van der Waals surface area contributed by atoms with Crippen molar-refractivity contribution >= 4 is 6.71 Å². The summed E-state index contributed by atoms with van der Waals surface area (Å²) in [5.74, 6) is 9.25. The lowest BCUT2D eigenvalue weighted by molar-refractivity contribution is 0.465. The van der Waals surface area contributed by atoms with Crippen LogP contribution in [0.3, 0.4) is 0 Å². The van der Waals surface area contributed by atoms with Crippen LogP contribution in [-0.4, -0.2) is 6.71 Å². The average molecular weight is 286 g/mol. The van der Waals surface area contributed by atoms with Gasteiger partial charge in [-0.2, -0.15) is 5.82 Å². The Labute approximate surface area is 133 Å². The summed E-state index contributed by atoms with van der Waals surface area (Å²) >= 11 is 0. The normalized spacial score (nSPS) is 20.8. The summed E-state index contributed by atoms with van der Waals surface area (Å²) in [6.45, 7) is 3.03. The number of rotatable bonds is 6. The molecule has 1 heteroatoms. The second-order valence-electron chi connectivity index (χ2n) is 7.45. The molecule has 0 aromatic rings. The smallest absolute Gasteiger partial charge is 0.155 e. The maximum atomic E-state index is 3.79. The molecule has 0 amide bonds. The third-order valence-corrected chi connectivity index (χ3v) is 5.74. The van der Waals surface area contributed by atoms with Crippen LogP contribution in [0.2, 0.25) is 11.6 Å². The molecule has 2 fully saturated rings. The van der Waals surface area contributed by atoms with Gasteiger partial charge in [-0.25, -0.2) is 0 Å². The van der Waals surface area contributed by atoms with Crippen LogP contribution in [0, 0.1) is 11.7 Å². The zero-order chi connectivity index (χ0) is 14.8. The lowest BCUT2D eigenvalue weighted by Gasteiger charge is -2.32. The highest BCUT2D eigenvalue weighted by molar-refractivity contribution is 6.70. The Kier molecular flexibility index (Phi) is 8.39. The van der Waals surface area contributed by atoms with Crippen molar-refractivity contribution < 1.29 is 0 Å². The molecule has 0 unspecified atom stereocenters. The first-order valence-electron chi connectivity index (χ1n) is 9.90. The predicted octanol–water partition coefficient (Wildman–Crippen LogP) is 6.66. The van der Waals surface area contributed by atoms with E-state index in [9.17, 15) is 0 Å². The summed E-state index contributed by atoms with van der Waals surface area (Å²) < 4.78 is 0. The molecule has 0 heterocycles. The fourth-order valence-electron chi connectivity index (χ4n) is 4.44. The zero-order valence-corrected chi connectivity index (χ0v) is 14.3. The quantitative estimate of drug-likeness (QED) is 0.291. The van der Waals surface area contributed by atoms with E-state index in [1.54, 1.807) is 0 Å². The molecule has 0 spiro atoms. The van der Waals surface area contributed by atoms with Gasteiger partial charge >= 0.3 is 0 Å². The van der Waals surface area contributed by atoms with Gasteiger partial charge in [0.05, 0.1) is 0 Å². The van der Waals surface area contributed by atoms with Crippen LogP contribution in [0.4, 0.5) is 0 Å². The van der Waals surface area contributed by atoms with Crippen molar-refractivity contribution in [2.45, 2.75) is 115 Å².